The van der Waals surface area contributed by atoms with Gasteiger partial charge in [-0.3, -0.25) is 4.79 Å². The zero-order valence-corrected chi connectivity index (χ0v) is 16.6. The highest BCUT2D eigenvalue weighted by atomic mass is 35.5. The molecule has 0 spiro atoms. The normalized spacial score (nSPS) is 11.2. The molecular formula is C22H24ClN3O. The minimum absolute atomic E-state index is 0.0408. The van der Waals surface area contributed by atoms with E-state index in [4.69, 9.17) is 11.6 Å². The lowest BCUT2D eigenvalue weighted by atomic mass is 9.98. The van der Waals surface area contributed by atoms with E-state index in [9.17, 15) is 10.1 Å². The summed E-state index contributed by atoms with van der Waals surface area (Å²) in [6.45, 7) is 6.69. The average molecular weight is 382 g/mol. The molecule has 0 heterocycles. The number of amides is 1. The third kappa shape index (κ3) is 5.87. The summed E-state index contributed by atoms with van der Waals surface area (Å²) in [7, 11) is 0. The van der Waals surface area contributed by atoms with Crippen LogP contribution in [0.25, 0.3) is 0 Å². The van der Waals surface area contributed by atoms with E-state index in [0.717, 1.165) is 28.8 Å². The predicted octanol–water partition coefficient (Wildman–Crippen LogP) is 4.95. The van der Waals surface area contributed by atoms with Crippen LogP contribution in [0.3, 0.4) is 0 Å². The fourth-order valence-corrected chi connectivity index (χ4v) is 2.97. The Hall–Kier alpha value is -2.77. The van der Waals surface area contributed by atoms with Gasteiger partial charge < -0.3 is 10.6 Å². The molecule has 0 saturated heterocycles. The van der Waals surface area contributed by atoms with Crippen molar-refractivity contribution in [3.63, 3.8) is 0 Å². The molecule has 5 heteroatoms. The fraction of sp³-hybridized carbons (Fsp3) is 0.273. The van der Waals surface area contributed by atoms with Gasteiger partial charge in [0.05, 0.1) is 0 Å². The zero-order valence-electron chi connectivity index (χ0n) is 15.8. The Morgan fingerprint density at radius 1 is 1.26 bits per heavy atom. The standard InChI is InChI=1S/C22H24ClN3O/c1-15(2)20-9-4-6-16(3)21(20)26-22(27)18(13-24)14-25-11-10-17-7-5-8-19(23)12-17/h4-9,12,14-15,25H,10-11H2,1-3H3,(H,26,27)/b18-14-. The Bertz CT molecular complexity index is 881. The van der Waals surface area contributed by atoms with E-state index in [1.54, 1.807) is 0 Å². The molecule has 2 aromatic carbocycles. The number of halogens is 1. The second kappa shape index (κ2) is 9.80. The van der Waals surface area contributed by atoms with Gasteiger partial charge in [-0.15, -0.1) is 0 Å². The van der Waals surface area contributed by atoms with Crippen molar-refractivity contribution in [1.29, 1.82) is 5.26 Å². The van der Waals surface area contributed by atoms with Crippen LogP contribution in [0.1, 0.15) is 36.5 Å². The zero-order chi connectivity index (χ0) is 19.8. The maximum atomic E-state index is 12.5. The summed E-state index contributed by atoms with van der Waals surface area (Å²) in [6, 6.07) is 15.5. The number of rotatable bonds is 7. The molecule has 2 aromatic rings. The summed E-state index contributed by atoms with van der Waals surface area (Å²) in [5.74, 6) is -0.144. The second-order valence-electron chi connectivity index (χ2n) is 6.65. The van der Waals surface area contributed by atoms with Crippen molar-refractivity contribution >= 4 is 23.2 Å². The van der Waals surface area contributed by atoms with Crippen LogP contribution in [0.15, 0.2) is 54.2 Å². The first-order valence-electron chi connectivity index (χ1n) is 8.91. The highest BCUT2D eigenvalue weighted by Crippen LogP contribution is 2.27. The molecule has 0 radical (unpaired) electrons. The van der Waals surface area contributed by atoms with Crippen LogP contribution < -0.4 is 10.6 Å². The van der Waals surface area contributed by atoms with E-state index in [1.165, 1.54) is 6.20 Å². The molecular weight excluding hydrogens is 358 g/mol. The summed E-state index contributed by atoms with van der Waals surface area (Å²) >= 11 is 5.97. The molecule has 1 amide bonds. The number of hydrogen-bond donors (Lipinski definition) is 2. The minimum Gasteiger partial charge on any atom is -0.389 e. The Morgan fingerprint density at radius 3 is 2.67 bits per heavy atom. The fourth-order valence-electron chi connectivity index (χ4n) is 2.76. The van der Waals surface area contributed by atoms with Crippen molar-refractivity contribution in [1.82, 2.24) is 5.32 Å². The van der Waals surface area contributed by atoms with Gasteiger partial charge in [-0.2, -0.15) is 5.26 Å². The van der Waals surface area contributed by atoms with Crippen LogP contribution >= 0.6 is 11.6 Å². The molecule has 4 nitrogen and oxygen atoms in total. The molecule has 0 aliphatic heterocycles. The summed E-state index contributed by atoms with van der Waals surface area (Å²) in [5, 5.41) is 16.0. The number of hydrogen-bond acceptors (Lipinski definition) is 3. The van der Waals surface area contributed by atoms with Gasteiger partial charge in [-0.05, 0) is 48.1 Å². The molecule has 0 fully saturated rings. The van der Waals surface area contributed by atoms with E-state index in [0.29, 0.717) is 11.6 Å². The molecule has 0 bridgehead atoms. The summed E-state index contributed by atoms with van der Waals surface area (Å²) in [4.78, 5) is 12.5. The largest absolute Gasteiger partial charge is 0.389 e. The first-order chi connectivity index (χ1) is 12.9. The van der Waals surface area contributed by atoms with Crippen LogP contribution in [0, 0.1) is 18.3 Å². The van der Waals surface area contributed by atoms with Crippen LogP contribution in [-0.2, 0) is 11.2 Å². The van der Waals surface area contributed by atoms with Crippen LogP contribution in [0.2, 0.25) is 5.02 Å². The first-order valence-corrected chi connectivity index (χ1v) is 9.29. The number of aryl methyl sites for hydroxylation is 1. The molecule has 2 rings (SSSR count). The first kappa shape index (κ1) is 20.5. The highest BCUT2D eigenvalue weighted by molar-refractivity contribution is 6.30. The molecule has 140 valence electrons. The number of carbonyl (C=O) groups excluding carboxylic acids is 1. The second-order valence-corrected chi connectivity index (χ2v) is 7.09. The number of nitrogens with one attached hydrogen (secondary N) is 2. The Labute approximate surface area is 165 Å². The van der Waals surface area contributed by atoms with E-state index < -0.39 is 5.91 Å². The Kier molecular flexibility index (Phi) is 7.45. The highest BCUT2D eigenvalue weighted by Gasteiger charge is 2.15. The van der Waals surface area contributed by atoms with Crippen LogP contribution in [0.4, 0.5) is 5.69 Å². The molecule has 0 aliphatic carbocycles. The maximum absolute atomic E-state index is 12.5. The quantitative estimate of drug-likeness (QED) is 0.405. The van der Waals surface area contributed by atoms with Crippen LogP contribution in [-0.4, -0.2) is 12.5 Å². The van der Waals surface area contributed by atoms with Gasteiger partial charge in [0.1, 0.15) is 11.6 Å². The summed E-state index contributed by atoms with van der Waals surface area (Å²) in [5.41, 5.74) is 3.93. The van der Waals surface area contributed by atoms with Crippen LogP contribution in [0.5, 0.6) is 0 Å². The lowest BCUT2D eigenvalue weighted by molar-refractivity contribution is -0.112. The molecule has 0 atom stereocenters. The predicted molar refractivity (Wildman–Crippen MR) is 111 cm³/mol. The van der Waals surface area contributed by atoms with Crippen molar-refractivity contribution in [3.05, 3.63) is 76.0 Å². The number of carbonyl (C=O) groups is 1. The summed E-state index contributed by atoms with van der Waals surface area (Å²) < 4.78 is 0. The van der Waals surface area contributed by atoms with E-state index >= 15 is 0 Å². The maximum Gasteiger partial charge on any atom is 0.267 e. The average Bonchev–Trinajstić information content (AvgIpc) is 2.63. The third-order valence-electron chi connectivity index (χ3n) is 4.22. The monoisotopic (exact) mass is 381 g/mol. The molecule has 27 heavy (non-hydrogen) atoms. The number of nitriles is 1. The van der Waals surface area contributed by atoms with Gasteiger partial charge in [0, 0.05) is 23.5 Å². The van der Waals surface area contributed by atoms with Gasteiger partial charge in [0.15, 0.2) is 0 Å². The molecule has 0 aliphatic rings. The SMILES string of the molecule is Cc1cccc(C(C)C)c1NC(=O)/C(C#N)=C\NCCc1cccc(Cl)c1. The third-order valence-corrected chi connectivity index (χ3v) is 4.46. The van der Waals surface area contributed by atoms with Crippen molar-refractivity contribution in [2.24, 2.45) is 0 Å². The van der Waals surface area contributed by atoms with Crippen molar-refractivity contribution in [2.75, 3.05) is 11.9 Å². The van der Waals surface area contributed by atoms with Crippen molar-refractivity contribution in [3.8, 4) is 6.07 Å². The molecule has 0 saturated carbocycles. The minimum atomic E-state index is -0.413. The van der Waals surface area contributed by atoms with Crippen molar-refractivity contribution < 1.29 is 4.79 Å². The van der Waals surface area contributed by atoms with E-state index in [-0.39, 0.29) is 11.5 Å². The molecule has 2 N–H and O–H groups in total. The van der Waals surface area contributed by atoms with Gasteiger partial charge in [-0.25, -0.2) is 0 Å². The number of para-hydroxylation sites is 1. The molecule has 0 aromatic heterocycles. The van der Waals surface area contributed by atoms with Gasteiger partial charge in [0.2, 0.25) is 0 Å². The van der Waals surface area contributed by atoms with Crippen molar-refractivity contribution in [2.45, 2.75) is 33.1 Å². The van der Waals surface area contributed by atoms with E-state index in [1.807, 2.05) is 55.5 Å². The Morgan fingerprint density at radius 2 is 2.00 bits per heavy atom. The Balaban J connectivity index is 2.02. The van der Waals surface area contributed by atoms with Gasteiger partial charge >= 0.3 is 0 Å². The van der Waals surface area contributed by atoms with E-state index in [2.05, 4.69) is 24.5 Å². The summed E-state index contributed by atoms with van der Waals surface area (Å²) in [6.07, 6.45) is 2.21. The van der Waals surface area contributed by atoms with Gasteiger partial charge in [-0.1, -0.05) is 55.8 Å². The lowest BCUT2D eigenvalue weighted by Gasteiger charge is -2.16. The smallest absolute Gasteiger partial charge is 0.267 e. The number of anilines is 1. The van der Waals surface area contributed by atoms with Gasteiger partial charge in [0.25, 0.3) is 5.91 Å². The topological polar surface area (TPSA) is 64.9 Å². The number of benzene rings is 2. The lowest BCUT2D eigenvalue weighted by Crippen LogP contribution is -2.19. The number of nitrogens with zero attached hydrogens (tertiary/aromatic N) is 1. The molecule has 0 unspecified atom stereocenters.